The lowest BCUT2D eigenvalue weighted by Gasteiger charge is -2.10. The minimum absolute atomic E-state index is 0.260. The maximum atomic E-state index is 13.6. The standard InChI is InChI=1S/C12H14ClF2NO4S/c1-20-12(17)8-6-11(10(15)7-9(8)14)16-21(18,19)5-3-2-4-13/h6-7,16H,2-5H2,1H3. The fourth-order valence-electron chi connectivity index (χ4n) is 1.50. The van der Waals surface area contributed by atoms with Gasteiger partial charge in [-0.15, -0.1) is 11.6 Å². The molecule has 1 aromatic carbocycles. The molecule has 0 saturated carbocycles. The quantitative estimate of drug-likeness (QED) is 0.470. The zero-order chi connectivity index (χ0) is 16.0. The molecular formula is C12H14ClF2NO4S. The van der Waals surface area contributed by atoms with Crippen LogP contribution in [0.15, 0.2) is 12.1 Å². The highest BCUT2D eigenvalue weighted by molar-refractivity contribution is 7.92. The largest absolute Gasteiger partial charge is 0.465 e. The number of carbonyl (C=O) groups is 1. The van der Waals surface area contributed by atoms with Gasteiger partial charge in [-0.3, -0.25) is 4.72 Å². The zero-order valence-electron chi connectivity index (χ0n) is 11.2. The predicted octanol–water partition coefficient (Wildman–Crippen LogP) is 2.51. The summed E-state index contributed by atoms with van der Waals surface area (Å²) in [6.07, 6.45) is 0.785. The van der Waals surface area contributed by atoms with Crippen LogP contribution in [0.1, 0.15) is 23.2 Å². The molecule has 1 aromatic rings. The molecule has 0 bridgehead atoms. The van der Waals surface area contributed by atoms with Gasteiger partial charge < -0.3 is 4.74 Å². The van der Waals surface area contributed by atoms with Crippen molar-refractivity contribution in [3.8, 4) is 0 Å². The van der Waals surface area contributed by atoms with Crippen molar-refractivity contribution in [1.29, 1.82) is 0 Å². The van der Waals surface area contributed by atoms with Crippen LogP contribution in [0.25, 0.3) is 0 Å². The number of anilines is 1. The molecule has 0 heterocycles. The van der Waals surface area contributed by atoms with Crippen molar-refractivity contribution in [3.63, 3.8) is 0 Å². The Balaban J connectivity index is 3.00. The molecule has 5 nitrogen and oxygen atoms in total. The molecule has 118 valence electrons. The summed E-state index contributed by atoms with van der Waals surface area (Å²) in [5, 5.41) is 0. The normalized spacial score (nSPS) is 11.2. The van der Waals surface area contributed by atoms with Crippen molar-refractivity contribution in [1.82, 2.24) is 0 Å². The summed E-state index contributed by atoms with van der Waals surface area (Å²) in [6, 6.07) is 1.18. The first kappa shape index (κ1) is 17.6. The van der Waals surface area contributed by atoms with Crippen molar-refractivity contribution in [3.05, 3.63) is 29.3 Å². The van der Waals surface area contributed by atoms with Crippen molar-refractivity contribution in [2.75, 3.05) is 23.5 Å². The molecule has 0 aliphatic heterocycles. The van der Waals surface area contributed by atoms with E-state index in [0.717, 1.165) is 13.2 Å². The Morgan fingerprint density at radius 1 is 1.29 bits per heavy atom. The van der Waals surface area contributed by atoms with Gasteiger partial charge in [0, 0.05) is 11.9 Å². The Labute approximate surface area is 126 Å². The summed E-state index contributed by atoms with van der Waals surface area (Å²) in [7, 11) is -2.79. The van der Waals surface area contributed by atoms with Crippen LogP contribution in [-0.2, 0) is 14.8 Å². The number of unbranched alkanes of at least 4 members (excludes halogenated alkanes) is 1. The van der Waals surface area contributed by atoms with E-state index in [-0.39, 0.29) is 5.75 Å². The Morgan fingerprint density at radius 3 is 2.52 bits per heavy atom. The third kappa shape index (κ3) is 5.13. The first-order chi connectivity index (χ1) is 9.80. The smallest absolute Gasteiger partial charge is 0.340 e. The number of rotatable bonds is 7. The van der Waals surface area contributed by atoms with Crippen LogP contribution >= 0.6 is 11.6 Å². The molecule has 0 spiro atoms. The number of hydrogen-bond acceptors (Lipinski definition) is 4. The highest BCUT2D eigenvalue weighted by Crippen LogP contribution is 2.21. The van der Waals surface area contributed by atoms with E-state index in [4.69, 9.17) is 11.6 Å². The molecule has 0 amide bonds. The molecule has 0 saturated heterocycles. The summed E-state index contributed by atoms with van der Waals surface area (Å²) < 4.78 is 56.8. The lowest BCUT2D eigenvalue weighted by atomic mass is 10.2. The molecule has 0 aliphatic carbocycles. The van der Waals surface area contributed by atoms with Gasteiger partial charge in [-0.2, -0.15) is 0 Å². The van der Waals surface area contributed by atoms with Gasteiger partial charge in [-0.1, -0.05) is 0 Å². The number of methoxy groups -OCH3 is 1. The predicted molar refractivity (Wildman–Crippen MR) is 75.1 cm³/mol. The number of halogens is 3. The van der Waals surface area contributed by atoms with Crippen LogP contribution in [0.2, 0.25) is 0 Å². The highest BCUT2D eigenvalue weighted by Gasteiger charge is 2.19. The minimum atomic E-state index is -3.81. The number of hydrogen-bond donors (Lipinski definition) is 1. The van der Waals surface area contributed by atoms with E-state index >= 15 is 0 Å². The van der Waals surface area contributed by atoms with Gasteiger partial charge in [0.25, 0.3) is 0 Å². The topological polar surface area (TPSA) is 72.5 Å². The molecule has 0 aliphatic rings. The second-order valence-corrected chi connectivity index (χ2v) is 6.34. The van der Waals surface area contributed by atoms with Crippen LogP contribution < -0.4 is 4.72 Å². The number of benzene rings is 1. The Kier molecular flexibility index (Phi) is 6.35. The van der Waals surface area contributed by atoms with E-state index in [1.807, 2.05) is 4.72 Å². The summed E-state index contributed by atoms with van der Waals surface area (Å²) >= 11 is 5.44. The first-order valence-electron chi connectivity index (χ1n) is 5.94. The molecule has 0 radical (unpaired) electrons. The van der Waals surface area contributed by atoms with Gasteiger partial charge in [-0.05, 0) is 18.9 Å². The van der Waals surface area contributed by atoms with Crippen LogP contribution in [0.3, 0.4) is 0 Å². The molecule has 1 rings (SSSR count). The fourth-order valence-corrected chi connectivity index (χ4v) is 2.87. The summed E-state index contributed by atoms with van der Waals surface area (Å²) in [6.45, 7) is 0. The SMILES string of the molecule is COC(=O)c1cc(NS(=O)(=O)CCCCCl)c(F)cc1F. The maximum absolute atomic E-state index is 13.6. The van der Waals surface area contributed by atoms with E-state index in [1.54, 1.807) is 0 Å². The van der Waals surface area contributed by atoms with Crippen LogP contribution in [0, 0.1) is 11.6 Å². The van der Waals surface area contributed by atoms with Crippen LogP contribution in [-0.4, -0.2) is 33.1 Å². The third-order valence-corrected chi connectivity index (χ3v) is 4.15. The molecule has 0 unspecified atom stereocenters. The highest BCUT2D eigenvalue weighted by atomic mass is 35.5. The molecule has 0 aromatic heterocycles. The van der Waals surface area contributed by atoms with E-state index < -0.39 is 38.9 Å². The molecule has 0 fully saturated rings. The van der Waals surface area contributed by atoms with Gasteiger partial charge in [0.05, 0.1) is 24.1 Å². The van der Waals surface area contributed by atoms with Crippen molar-refractivity contribution in [2.45, 2.75) is 12.8 Å². The molecule has 21 heavy (non-hydrogen) atoms. The Hall–Kier alpha value is -1.41. The van der Waals surface area contributed by atoms with E-state index in [9.17, 15) is 22.0 Å². The van der Waals surface area contributed by atoms with Gasteiger partial charge in [0.15, 0.2) is 0 Å². The van der Waals surface area contributed by atoms with Gasteiger partial charge in [0.2, 0.25) is 10.0 Å². The maximum Gasteiger partial charge on any atom is 0.340 e. The number of sulfonamides is 1. The third-order valence-electron chi connectivity index (χ3n) is 2.52. The number of nitrogens with one attached hydrogen (secondary N) is 1. The second-order valence-electron chi connectivity index (χ2n) is 4.12. The first-order valence-corrected chi connectivity index (χ1v) is 8.13. The Morgan fingerprint density at radius 2 is 1.95 bits per heavy atom. The number of ether oxygens (including phenoxy) is 1. The van der Waals surface area contributed by atoms with Gasteiger partial charge >= 0.3 is 5.97 Å². The Bertz CT molecular complexity index is 622. The lowest BCUT2D eigenvalue weighted by Crippen LogP contribution is -2.18. The fraction of sp³-hybridized carbons (Fsp3) is 0.417. The molecular weight excluding hydrogens is 328 g/mol. The van der Waals surface area contributed by atoms with E-state index in [1.165, 1.54) is 0 Å². The van der Waals surface area contributed by atoms with Crippen molar-refractivity contribution in [2.24, 2.45) is 0 Å². The monoisotopic (exact) mass is 341 g/mol. The van der Waals surface area contributed by atoms with Crippen molar-refractivity contribution < 1.29 is 26.7 Å². The molecule has 9 heteroatoms. The number of alkyl halides is 1. The average Bonchev–Trinajstić information content (AvgIpc) is 2.41. The molecule has 1 N–H and O–H groups in total. The van der Waals surface area contributed by atoms with Crippen molar-refractivity contribution >= 4 is 33.3 Å². The van der Waals surface area contributed by atoms with Gasteiger partial charge in [-0.25, -0.2) is 22.0 Å². The second kappa shape index (κ2) is 7.56. The van der Waals surface area contributed by atoms with Crippen LogP contribution in [0.4, 0.5) is 14.5 Å². The molecule has 0 atom stereocenters. The number of carbonyl (C=O) groups excluding carboxylic acids is 1. The summed E-state index contributed by atoms with van der Waals surface area (Å²) in [4.78, 5) is 11.3. The summed E-state index contributed by atoms with van der Waals surface area (Å²) in [5.74, 6) is -3.24. The number of esters is 1. The van der Waals surface area contributed by atoms with Gasteiger partial charge in [0.1, 0.15) is 11.6 Å². The van der Waals surface area contributed by atoms with Crippen LogP contribution in [0.5, 0.6) is 0 Å². The van der Waals surface area contributed by atoms with E-state index in [0.29, 0.717) is 24.8 Å². The minimum Gasteiger partial charge on any atom is -0.465 e. The average molecular weight is 342 g/mol. The lowest BCUT2D eigenvalue weighted by molar-refractivity contribution is 0.0595. The zero-order valence-corrected chi connectivity index (χ0v) is 12.7. The van der Waals surface area contributed by atoms with E-state index in [2.05, 4.69) is 4.74 Å². The summed E-state index contributed by atoms with van der Waals surface area (Å²) in [5.41, 5.74) is -1.07.